The average Bonchev–Trinajstić information content (AvgIpc) is 2.94. The van der Waals surface area contributed by atoms with Crippen LogP contribution >= 0.6 is 11.3 Å². The van der Waals surface area contributed by atoms with Crippen LogP contribution in [-0.2, 0) is 16.2 Å². The van der Waals surface area contributed by atoms with Crippen LogP contribution in [0.3, 0.4) is 0 Å². The lowest BCUT2D eigenvalue weighted by molar-refractivity contribution is -0.116. The maximum atomic E-state index is 11.7. The molecule has 0 spiro atoms. The minimum absolute atomic E-state index is 0.0141. The molecule has 0 radical (unpaired) electrons. The Morgan fingerprint density at radius 2 is 2.09 bits per heavy atom. The van der Waals surface area contributed by atoms with Gasteiger partial charge in [0.05, 0.1) is 11.4 Å². The molecule has 1 amide bonds. The zero-order valence-electron chi connectivity index (χ0n) is 13.6. The molecule has 6 heteroatoms. The molecule has 0 bridgehead atoms. The van der Waals surface area contributed by atoms with Gasteiger partial charge >= 0.3 is 0 Å². The molecule has 1 aromatic carbocycles. The zero-order valence-corrected chi connectivity index (χ0v) is 14.4. The summed E-state index contributed by atoms with van der Waals surface area (Å²) in [7, 11) is 0. The Hall–Kier alpha value is -2.21. The van der Waals surface area contributed by atoms with E-state index in [-0.39, 0.29) is 12.5 Å². The summed E-state index contributed by atoms with van der Waals surface area (Å²) in [5.41, 5.74) is 2.58. The lowest BCUT2D eigenvalue weighted by Crippen LogP contribution is -2.13. The number of rotatable bonds is 7. The Bertz CT molecular complexity index is 665. The molecule has 0 saturated carbocycles. The minimum Gasteiger partial charge on any atom is -0.389 e. The van der Waals surface area contributed by atoms with Gasteiger partial charge in [-0.1, -0.05) is 49.3 Å². The number of thiazole rings is 1. The van der Waals surface area contributed by atoms with E-state index in [1.54, 1.807) is 0 Å². The number of hydrogen-bond acceptors (Lipinski definition) is 5. The third kappa shape index (κ3) is 5.83. The van der Waals surface area contributed by atoms with Gasteiger partial charge in [0.1, 0.15) is 0 Å². The average molecular weight is 331 g/mol. The lowest BCUT2D eigenvalue weighted by Gasteiger charge is -2.03. The van der Waals surface area contributed by atoms with Crippen molar-refractivity contribution >= 4 is 28.1 Å². The minimum atomic E-state index is -0.0141. The van der Waals surface area contributed by atoms with E-state index in [0.29, 0.717) is 17.5 Å². The SMILES string of the molecule is C/C(=N\OCc1csc(NC(=O)CC(C)C)n1)c1ccccc1. The molecule has 1 aromatic heterocycles. The topological polar surface area (TPSA) is 63.6 Å². The Labute approximate surface area is 140 Å². The predicted molar refractivity (Wildman–Crippen MR) is 93.6 cm³/mol. The summed E-state index contributed by atoms with van der Waals surface area (Å²) in [5.74, 6) is 0.313. The predicted octanol–water partition coefficient (Wildman–Crippen LogP) is 4.07. The third-order valence-electron chi connectivity index (χ3n) is 3.00. The highest BCUT2D eigenvalue weighted by molar-refractivity contribution is 7.13. The summed E-state index contributed by atoms with van der Waals surface area (Å²) in [6.07, 6.45) is 0.492. The maximum Gasteiger partial charge on any atom is 0.226 e. The lowest BCUT2D eigenvalue weighted by atomic mass is 10.1. The Kier molecular flexibility index (Phi) is 6.29. The highest BCUT2D eigenvalue weighted by Gasteiger charge is 2.08. The first-order valence-corrected chi connectivity index (χ1v) is 8.39. The van der Waals surface area contributed by atoms with Gasteiger partial charge in [-0.25, -0.2) is 4.98 Å². The number of carbonyl (C=O) groups is 1. The summed E-state index contributed by atoms with van der Waals surface area (Å²) in [6.45, 7) is 6.19. The number of benzene rings is 1. The van der Waals surface area contributed by atoms with E-state index in [1.165, 1.54) is 11.3 Å². The number of carbonyl (C=O) groups excluding carboxylic acids is 1. The van der Waals surface area contributed by atoms with Crippen molar-refractivity contribution < 1.29 is 9.63 Å². The number of nitrogens with one attached hydrogen (secondary N) is 1. The van der Waals surface area contributed by atoms with Gasteiger partial charge in [-0.15, -0.1) is 11.3 Å². The summed E-state index contributed by atoms with van der Waals surface area (Å²) in [6, 6.07) is 9.84. The normalized spacial score (nSPS) is 11.6. The van der Waals surface area contributed by atoms with Gasteiger partial charge in [0.15, 0.2) is 11.7 Å². The third-order valence-corrected chi connectivity index (χ3v) is 3.80. The number of aromatic nitrogens is 1. The van der Waals surface area contributed by atoms with Gasteiger partial charge in [-0.2, -0.15) is 0 Å². The van der Waals surface area contributed by atoms with Crippen LogP contribution in [0.4, 0.5) is 5.13 Å². The van der Waals surface area contributed by atoms with Crippen molar-refractivity contribution in [1.29, 1.82) is 0 Å². The first-order chi connectivity index (χ1) is 11.0. The fourth-order valence-corrected chi connectivity index (χ4v) is 2.61. The number of amides is 1. The van der Waals surface area contributed by atoms with Gasteiger partial charge in [0, 0.05) is 11.8 Å². The highest BCUT2D eigenvalue weighted by Crippen LogP contribution is 2.17. The smallest absolute Gasteiger partial charge is 0.226 e. The van der Waals surface area contributed by atoms with Crippen LogP contribution in [0.15, 0.2) is 40.9 Å². The van der Waals surface area contributed by atoms with E-state index in [2.05, 4.69) is 15.5 Å². The largest absolute Gasteiger partial charge is 0.389 e. The fraction of sp³-hybridized carbons (Fsp3) is 0.353. The van der Waals surface area contributed by atoms with E-state index < -0.39 is 0 Å². The van der Waals surface area contributed by atoms with E-state index >= 15 is 0 Å². The molecular weight excluding hydrogens is 310 g/mol. The molecule has 23 heavy (non-hydrogen) atoms. The van der Waals surface area contributed by atoms with E-state index in [1.807, 2.05) is 56.5 Å². The van der Waals surface area contributed by atoms with E-state index in [4.69, 9.17) is 4.84 Å². The second-order valence-corrected chi connectivity index (χ2v) is 6.46. The van der Waals surface area contributed by atoms with Crippen LogP contribution in [-0.4, -0.2) is 16.6 Å². The summed E-state index contributed by atoms with van der Waals surface area (Å²) in [4.78, 5) is 21.4. The van der Waals surface area contributed by atoms with Crippen molar-refractivity contribution in [3.8, 4) is 0 Å². The highest BCUT2D eigenvalue weighted by atomic mass is 32.1. The number of nitrogens with zero attached hydrogens (tertiary/aromatic N) is 2. The molecule has 5 nitrogen and oxygen atoms in total. The van der Waals surface area contributed by atoms with Crippen molar-refractivity contribution in [2.75, 3.05) is 5.32 Å². The van der Waals surface area contributed by atoms with Crippen molar-refractivity contribution in [3.05, 3.63) is 47.0 Å². The molecule has 1 N–H and O–H groups in total. The van der Waals surface area contributed by atoms with Crippen LogP contribution in [0.5, 0.6) is 0 Å². The van der Waals surface area contributed by atoms with Crippen molar-refractivity contribution in [2.24, 2.45) is 11.1 Å². The van der Waals surface area contributed by atoms with Crippen molar-refractivity contribution in [2.45, 2.75) is 33.8 Å². The quantitative estimate of drug-likeness (QED) is 0.614. The maximum absolute atomic E-state index is 11.7. The Morgan fingerprint density at radius 3 is 2.78 bits per heavy atom. The zero-order chi connectivity index (χ0) is 16.7. The molecule has 2 rings (SSSR count). The number of hydrogen-bond donors (Lipinski definition) is 1. The number of anilines is 1. The molecule has 0 unspecified atom stereocenters. The molecule has 0 atom stereocenters. The second-order valence-electron chi connectivity index (χ2n) is 5.61. The summed E-state index contributed by atoms with van der Waals surface area (Å²) in [5, 5.41) is 9.34. The molecule has 0 aliphatic carbocycles. The van der Waals surface area contributed by atoms with Gasteiger partial charge < -0.3 is 10.2 Å². The first-order valence-electron chi connectivity index (χ1n) is 7.51. The van der Waals surface area contributed by atoms with Gasteiger partial charge in [0.25, 0.3) is 0 Å². The molecule has 0 saturated heterocycles. The standard InChI is InChI=1S/C17H21N3O2S/c1-12(2)9-16(21)19-17-18-15(11-23-17)10-22-20-13(3)14-7-5-4-6-8-14/h4-8,11-12H,9-10H2,1-3H3,(H,18,19,21)/b20-13+. The van der Waals surface area contributed by atoms with Gasteiger partial charge in [0.2, 0.25) is 5.91 Å². The van der Waals surface area contributed by atoms with Crippen LogP contribution in [0, 0.1) is 5.92 Å². The molecule has 122 valence electrons. The first kappa shape index (κ1) is 17.1. The molecule has 0 aliphatic rings. The number of oxime groups is 1. The van der Waals surface area contributed by atoms with Crippen LogP contribution < -0.4 is 5.32 Å². The second kappa shape index (κ2) is 8.43. The molecule has 2 aromatic rings. The van der Waals surface area contributed by atoms with Gasteiger partial charge in [-0.3, -0.25) is 4.79 Å². The fourth-order valence-electron chi connectivity index (χ4n) is 1.90. The van der Waals surface area contributed by atoms with Crippen LogP contribution in [0.1, 0.15) is 38.4 Å². The Balaban J connectivity index is 1.84. The molecular formula is C17H21N3O2S. The van der Waals surface area contributed by atoms with Crippen molar-refractivity contribution in [3.63, 3.8) is 0 Å². The van der Waals surface area contributed by atoms with Crippen molar-refractivity contribution in [1.82, 2.24) is 4.98 Å². The molecule has 0 fully saturated rings. The van der Waals surface area contributed by atoms with E-state index in [0.717, 1.165) is 17.0 Å². The molecule has 1 heterocycles. The summed E-state index contributed by atoms with van der Waals surface area (Å²) >= 11 is 1.39. The van der Waals surface area contributed by atoms with Crippen LogP contribution in [0.2, 0.25) is 0 Å². The molecule has 0 aliphatic heterocycles. The van der Waals surface area contributed by atoms with Gasteiger partial charge in [-0.05, 0) is 18.4 Å². The van der Waals surface area contributed by atoms with E-state index in [9.17, 15) is 4.79 Å². The Morgan fingerprint density at radius 1 is 1.35 bits per heavy atom. The van der Waals surface area contributed by atoms with Crippen LogP contribution in [0.25, 0.3) is 0 Å². The monoisotopic (exact) mass is 331 g/mol. The summed E-state index contributed by atoms with van der Waals surface area (Å²) < 4.78 is 0.